The Morgan fingerprint density at radius 3 is 1.06 bits per heavy atom. The highest BCUT2D eigenvalue weighted by atomic mass is 16.4. The molecule has 4 aromatic rings. The van der Waals surface area contributed by atoms with E-state index in [0.717, 1.165) is 74.9 Å². The number of carboxylic acid groups (broad SMARTS) is 2. The molecule has 2 heterocycles. The van der Waals surface area contributed by atoms with Gasteiger partial charge in [0.15, 0.2) is 11.6 Å². The Balaban J connectivity index is 0.965. The van der Waals surface area contributed by atoms with Gasteiger partial charge >= 0.3 is 11.9 Å². The number of amides is 2. The number of benzene rings is 4. The molecule has 2 amide bonds. The molecule has 0 bridgehead atoms. The van der Waals surface area contributed by atoms with Gasteiger partial charge in [-0.3, -0.25) is 48.4 Å². The van der Waals surface area contributed by atoms with Gasteiger partial charge in [0.25, 0.3) is 11.8 Å². The maximum Gasteiger partial charge on any atom is 0.304 e. The van der Waals surface area contributed by atoms with E-state index in [1.54, 1.807) is 24.3 Å². The summed E-state index contributed by atoms with van der Waals surface area (Å²) in [6.07, 6.45) is 2.33. The number of rotatable bonds is 25. The van der Waals surface area contributed by atoms with E-state index in [0.29, 0.717) is 61.0 Å². The van der Waals surface area contributed by atoms with Crippen LogP contribution in [-0.2, 0) is 22.4 Å². The lowest BCUT2D eigenvalue weighted by atomic mass is 9.80. The number of hydrogen-bond donors (Lipinski definition) is 4. The van der Waals surface area contributed by atoms with Gasteiger partial charge in [-0.2, -0.15) is 0 Å². The molecule has 2 saturated heterocycles. The van der Waals surface area contributed by atoms with E-state index in [1.165, 1.54) is 0 Å². The molecule has 2 atom stereocenters. The van der Waals surface area contributed by atoms with Gasteiger partial charge in [-0.1, -0.05) is 38.1 Å². The van der Waals surface area contributed by atoms with Crippen LogP contribution in [0, 0.1) is 0 Å². The molecule has 2 aliphatic heterocycles. The summed E-state index contributed by atoms with van der Waals surface area (Å²) in [6.45, 7) is 11.9. The van der Waals surface area contributed by atoms with Crippen molar-refractivity contribution in [1.82, 2.24) is 30.2 Å². The normalized spacial score (nSPS) is 16.2. The molecule has 72 heavy (non-hydrogen) atoms. The van der Waals surface area contributed by atoms with E-state index < -0.39 is 23.0 Å². The van der Waals surface area contributed by atoms with Gasteiger partial charge < -0.3 is 30.6 Å². The summed E-state index contributed by atoms with van der Waals surface area (Å²) < 4.78 is 0. The number of ketones is 2. The van der Waals surface area contributed by atoms with Crippen molar-refractivity contribution in [2.75, 3.05) is 117 Å². The molecular formula is C56H74N8O8. The van der Waals surface area contributed by atoms with Crippen molar-refractivity contribution in [2.45, 2.75) is 63.5 Å². The summed E-state index contributed by atoms with van der Waals surface area (Å²) in [5, 5.41) is 23.8. The predicted octanol–water partition coefficient (Wildman–Crippen LogP) is 5.31. The Morgan fingerprint density at radius 2 is 0.778 bits per heavy atom. The Hall–Kier alpha value is -6.46. The van der Waals surface area contributed by atoms with Crippen LogP contribution in [0.25, 0.3) is 0 Å². The molecular weight excluding hydrogens is 913 g/mol. The number of Topliss-reactive ketones (excluding diaryl/α,β-unsaturated/α-hetero) is 2. The first-order valence-corrected chi connectivity index (χ1v) is 25.3. The third-order valence-corrected chi connectivity index (χ3v) is 14.9. The molecule has 0 spiro atoms. The maximum atomic E-state index is 14.3. The first-order valence-electron chi connectivity index (χ1n) is 25.3. The number of carbonyl (C=O) groups is 6. The van der Waals surface area contributed by atoms with E-state index in [1.807, 2.05) is 125 Å². The number of anilines is 2. The number of piperazine rings is 2. The molecule has 16 heteroatoms. The zero-order valence-corrected chi connectivity index (χ0v) is 43.0. The SMILES string of the molecule is CCC(Cc1ccc(C(=O)NCCNC(=O)c2ccc(CC(CC)(C(=O)c3ccc(N4CCN(CCC(=O)O)CC4)cc3)N(C)C)cc2)cc1)(C(=O)c1ccc(N2CCN(CCC(=O)O)CC2)cc1)N(C)C. The number of nitrogens with zero attached hydrogens (tertiary/aromatic N) is 6. The number of hydrogen-bond acceptors (Lipinski definition) is 12. The van der Waals surface area contributed by atoms with Crippen molar-refractivity contribution >= 4 is 46.7 Å². The van der Waals surface area contributed by atoms with Gasteiger partial charge in [-0.25, -0.2) is 0 Å². The van der Waals surface area contributed by atoms with Gasteiger partial charge in [0.2, 0.25) is 0 Å². The molecule has 2 aliphatic rings. The van der Waals surface area contributed by atoms with E-state index in [9.17, 15) is 28.8 Å². The van der Waals surface area contributed by atoms with Gasteiger partial charge in [0.1, 0.15) is 0 Å². The smallest absolute Gasteiger partial charge is 0.304 e. The van der Waals surface area contributed by atoms with Gasteiger partial charge in [-0.05, 0) is 138 Å². The average molecular weight is 987 g/mol. The van der Waals surface area contributed by atoms with Crippen molar-refractivity contribution in [1.29, 1.82) is 0 Å². The van der Waals surface area contributed by atoms with Crippen LogP contribution in [0.3, 0.4) is 0 Å². The van der Waals surface area contributed by atoms with Crippen LogP contribution in [0.15, 0.2) is 97.1 Å². The van der Waals surface area contributed by atoms with E-state index in [2.05, 4.69) is 30.2 Å². The molecule has 0 radical (unpaired) electrons. The number of carbonyl (C=O) groups excluding carboxylic acids is 4. The quantitative estimate of drug-likeness (QED) is 0.0495. The van der Waals surface area contributed by atoms with Crippen LogP contribution in [0.4, 0.5) is 11.4 Å². The molecule has 4 N–H and O–H groups in total. The molecule has 0 aromatic heterocycles. The monoisotopic (exact) mass is 987 g/mol. The minimum atomic E-state index is -0.814. The fourth-order valence-electron chi connectivity index (χ4n) is 10.0. The van der Waals surface area contributed by atoms with Crippen LogP contribution in [0.2, 0.25) is 0 Å². The lowest BCUT2D eigenvalue weighted by Crippen LogP contribution is -2.52. The largest absolute Gasteiger partial charge is 0.481 e. The summed E-state index contributed by atoms with van der Waals surface area (Å²) in [5.41, 5.74) is 4.47. The molecule has 4 aromatic carbocycles. The Morgan fingerprint density at radius 1 is 0.472 bits per heavy atom. The van der Waals surface area contributed by atoms with Crippen molar-refractivity contribution in [3.05, 3.63) is 130 Å². The summed E-state index contributed by atoms with van der Waals surface area (Å²) in [6, 6.07) is 30.1. The highest BCUT2D eigenvalue weighted by Crippen LogP contribution is 2.31. The third-order valence-electron chi connectivity index (χ3n) is 14.9. The van der Waals surface area contributed by atoms with Crippen molar-refractivity contribution in [3.8, 4) is 0 Å². The van der Waals surface area contributed by atoms with Crippen LogP contribution in [0.1, 0.15) is 92.1 Å². The zero-order chi connectivity index (χ0) is 52.0. The Kier molecular flexibility index (Phi) is 19.3. The van der Waals surface area contributed by atoms with Gasteiger partial charge in [-0.15, -0.1) is 0 Å². The maximum absolute atomic E-state index is 14.3. The second-order valence-corrected chi connectivity index (χ2v) is 19.5. The van der Waals surface area contributed by atoms with E-state index in [4.69, 9.17) is 10.2 Å². The lowest BCUT2D eigenvalue weighted by molar-refractivity contribution is -0.138. The molecule has 386 valence electrons. The molecule has 0 saturated carbocycles. The van der Waals surface area contributed by atoms with Crippen LogP contribution < -0.4 is 20.4 Å². The second-order valence-electron chi connectivity index (χ2n) is 19.5. The molecule has 0 aliphatic carbocycles. The second kappa shape index (κ2) is 25.3. The number of aliphatic carboxylic acids is 2. The minimum absolute atomic E-state index is 0.0221. The van der Waals surface area contributed by atoms with Crippen molar-refractivity contribution in [3.63, 3.8) is 0 Å². The number of carboxylic acids is 2. The molecule has 2 fully saturated rings. The number of nitrogens with one attached hydrogen (secondary N) is 2. The summed E-state index contributed by atoms with van der Waals surface area (Å²) >= 11 is 0. The number of likely N-dealkylation sites (N-methyl/N-ethyl adjacent to an activating group) is 2. The summed E-state index contributed by atoms with van der Waals surface area (Å²) in [4.78, 5) is 89.6. The first-order chi connectivity index (χ1) is 34.5. The summed E-state index contributed by atoms with van der Waals surface area (Å²) in [5.74, 6) is -2.08. The molecule has 2 unspecified atom stereocenters. The van der Waals surface area contributed by atoms with Crippen LogP contribution in [-0.4, -0.2) is 183 Å². The Bertz CT molecular complexity index is 2290. The first kappa shape index (κ1) is 54.9. The highest BCUT2D eigenvalue weighted by molar-refractivity contribution is 6.04. The van der Waals surface area contributed by atoms with Crippen molar-refractivity contribution in [2.24, 2.45) is 0 Å². The minimum Gasteiger partial charge on any atom is -0.481 e. The fourth-order valence-corrected chi connectivity index (χ4v) is 10.0. The van der Waals surface area contributed by atoms with Gasteiger partial charge in [0.05, 0.1) is 23.9 Å². The standard InChI is InChI=1S/C56H74N8O8/c1-7-55(59(3)4,51(69)43-17-21-47(22-18-43)63-35-31-61(32-36-63)29-25-49(65)66)39-41-9-13-45(14-10-41)53(71)57-27-28-58-54(72)46-15-11-42(12-16-46)40-56(8-2,60(5)6)52(70)44-19-23-48(24-20-44)64-37-33-62(34-38-64)30-26-50(67)68/h9-24H,7-8,25-40H2,1-6H3,(H,57,71)(H,58,72)(H,65,66)(H,67,68). The lowest BCUT2D eigenvalue weighted by Gasteiger charge is -2.38. The zero-order valence-electron chi connectivity index (χ0n) is 43.0. The summed E-state index contributed by atoms with van der Waals surface area (Å²) in [7, 11) is 7.69. The predicted molar refractivity (Wildman–Crippen MR) is 282 cm³/mol. The van der Waals surface area contributed by atoms with E-state index >= 15 is 0 Å². The Labute approximate surface area is 424 Å². The molecule has 16 nitrogen and oxygen atoms in total. The topological polar surface area (TPSA) is 186 Å². The van der Waals surface area contributed by atoms with Crippen molar-refractivity contribution < 1.29 is 39.0 Å². The molecule has 6 rings (SSSR count). The van der Waals surface area contributed by atoms with Gasteiger partial charge in [0, 0.05) is 112 Å². The van der Waals surface area contributed by atoms with Crippen LogP contribution in [0.5, 0.6) is 0 Å². The van der Waals surface area contributed by atoms with E-state index in [-0.39, 0.29) is 49.3 Å². The third kappa shape index (κ3) is 13.7. The highest BCUT2D eigenvalue weighted by Gasteiger charge is 2.41. The fraction of sp³-hybridized carbons (Fsp3) is 0.464. The average Bonchev–Trinajstić information content (AvgIpc) is 3.39. The van der Waals surface area contributed by atoms with Crippen LogP contribution >= 0.6 is 0 Å².